The lowest BCUT2D eigenvalue weighted by Gasteiger charge is -2.08. The maximum Gasteiger partial charge on any atom is 0.311 e. The number of benzene rings is 1. The van der Waals surface area contributed by atoms with Crippen molar-refractivity contribution in [3.63, 3.8) is 0 Å². The Hall–Kier alpha value is -2.43. The van der Waals surface area contributed by atoms with Crippen LogP contribution in [0, 0.1) is 0 Å². The third kappa shape index (κ3) is 10.4. The van der Waals surface area contributed by atoms with E-state index in [9.17, 15) is 4.79 Å². The first-order chi connectivity index (χ1) is 15.2. The Morgan fingerprint density at radius 3 is 1.97 bits per heavy atom. The molecule has 0 N–H and O–H groups in total. The average molecular weight is 427 g/mol. The number of nitrogens with zero attached hydrogens (tertiary/aromatic N) is 2. The minimum absolute atomic E-state index is 0.227. The van der Waals surface area contributed by atoms with Crippen molar-refractivity contribution in [2.24, 2.45) is 0 Å². The van der Waals surface area contributed by atoms with Gasteiger partial charge in [0.15, 0.2) is 11.6 Å². The summed E-state index contributed by atoms with van der Waals surface area (Å²) >= 11 is 0. The van der Waals surface area contributed by atoms with E-state index in [4.69, 9.17) is 9.47 Å². The van der Waals surface area contributed by atoms with E-state index in [1.54, 1.807) is 12.4 Å². The summed E-state index contributed by atoms with van der Waals surface area (Å²) in [6.07, 6.45) is 16.7. The fraction of sp³-hybridized carbons (Fsp3) is 0.577. The first kappa shape index (κ1) is 24.8. The van der Waals surface area contributed by atoms with Crippen LogP contribution in [-0.2, 0) is 4.79 Å². The molecule has 5 nitrogen and oxygen atoms in total. The highest BCUT2D eigenvalue weighted by atomic mass is 16.5. The van der Waals surface area contributed by atoms with Crippen molar-refractivity contribution in [3.8, 4) is 22.9 Å². The number of aromatic nitrogens is 2. The highest BCUT2D eigenvalue weighted by Gasteiger charge is 2.07. The predicted molar refractivity (Wildman–Crippen MR) is 125 cm³/mol. The molecule has 1 heterocycles. The number of rotatable bonds is 16. The second kappa shape index (κ2) is 15.4. The molecule has 2 rings (SSSR count). The average Bonchev–Trinajstić information content (AvgIpc) is 2.79. The fourth-order valence-corrected chi connectivity index (χ4v) is 3.35. The summed E-state index contributed by atoms with van der Waals surface area (Å²) in [6.45, 7) is 5.14. The van der Waals surface area contributed by atoms with Crippen LogP contribution in [-0.4, -0.2) is 22.5 Å². The number of hydrogen-bond donors (Lipinski definition) is 0. The number of carbonyl (C=O) groups is 1. The summed E-state index contributed by atoms with van der Waals surface area (Å²) < 4.78 is 11.1. The van der Waals surface area contributed by atoms with E-state index in [1.165, 1.54) is 38.5 Å². The van der Waals surface area contributed by atoms with Crippen molar-refractivity contribution in [3.05, 3.63) is 36.7 Å². The summed E-state index contributed by atoms with van der Waals surface area (Å²) in [6, 6.07) is 7.80. The van der Waals surface area contributed by atoms with Crippen LogP contribution in [0.1, 0.15) is 90.9 Å². The Bertz CT molecular complexity index is 729. The van der Waals surface area contributed by atoms with Crippen LogP contribution in [0.3, 0.4) is 0 Å². The highest BCUT2D eigenvalue weighted by molar-refractivity contribution is 5.72. The molecule has 0 aliphatic rings. The monoisotopic (exact) mass is 426 g/mol. The first-order valence-corrected chi connectivity index (χ1v) is 12.0. The largest absolute Gasteiger partial charge is 0.494 e. The molecular formula is C26H38N2O3. The summed E-state index contributed by atoms with van der Waals surface area (Å²) in [5, 5.41) is 0. The molecule has 0 unspecified atom stereocenters. The van der Waals surface area contributed by atoms with Crippen LogP contribution in [0.25, 0.3) is 11.4 Å². The lowest BCUT2D eigenvalue weighted by molar-refractivity contribution is -0.134. The maximum absolute atomic E-state index is 11.9. The van der Waals surface area contributed by atoms with Gasteiger partial charge in [-0.2, -0.15) is 0 Å². The van der Waals surface area contributed by atoms with Gasteiger partial charge in [0.2, 0.25) is 0 Å². The Morgan fingerprint density at radius 1 is 0.742 bits per heavy atom. The minimum atomic E-state index is -0.227. The number of esters is 1. The van der Waals surface area contributed by atoms with Gasteiger partial charge in [-0.15, -0.1) is 0 Å². The molecular weight excluding hydrogens is 388 g/mol. The molecule has 0 saturated carbocycles. The minimum Gasteiger partial charge on any atom is -0.494 e. The molecule has 31 heavy (non-hydrogen) atoms. The lowest BCUT2D eigenvalue weighted by Crippen LogP contribution is -2.08. The molecule has 2 aromatic rings. The van der Waals surface area contributed by atoms with E-state index >= 15 is 0 Å². The summed E-state index contributed by atoms with van der Waals surface area (Å²) in [5.41, 5.74) is 0.903. The van der Waals surface area contributed by atoms with Crippen LogP contribution in [0.2, 0.25) is 0 Å². The molecule has 0 spiro atoms. The standard InChI is InChI=1S/C26H38N2O3/c1-3-5-7-9-10-11-13-19-30-23-17-15-22(16-18-23)26-27-20-24(21-28-26)31-25(29)14-12-8-6-4-2/h15-18,20-21H,3-14,19H2,1-2H3. The van der Waals surface area contributed by atoms with Crippen LogP contribution >= 0.6 is 0 Å². The molecule has 170 valence electrons. The van der Waals surface area contributed by atoms with Gasteiger partial charge < -0.3 is 9.47 Å². The van der Waals surface area contributed by atoms with Gasteiger partial charge in [0, 0.05) is 12.0 Å². The second-order valence-electron chi connectivity index (χ2n) is 8.02. The molecule has 1 aromatic heterocycles. The molecule has 0 radical (unpaired) electrons. The van der Waals surface area contributed by atoms with Crippen LogP contribution in [0.15, 0.2) is 36.7 Å². The van der Waals surface area contributed by atoms with Gasteiger partial charge in [-0.3, -0.25) is 4.79 Å². The molecule has 0 saturated heterocycles. The zero-order chi connectivity index (χ0) is 22.2. The smallest absolute Gasteiger partial charge is 0.311 e. The highest BCUT2D eigenvalue weighted by Crippen LogP contribution is 2.21. The third-order valence-electron chi connectivity index (χ3n) is 5.22. The first-order valence-electron chi connectivity index (χ1n) is 12.0. The number of hydrogen-bond acceptors (Lipinski definition) is 5. The zero-order valence-electron chi connectivity index (χ0n) is 19.3. The predicted octanol–water partition coefficient (Wildman–Crippen LogP) is 7.15. The SMILES string of the molecule is CCCCCCCCCOc1ccc(-c2ncc(OC(=O)CCCCCC)cn2)cc1. The molecule has 0 amide bonds. The lowest BCUT2D eigenvalue weighted by atomic mass is 10.1. The van der Waals surface area contributed by atoms with E-state index in [0.717, 1.165) is 50.0 Å². The Morgan fingerprint density at radius 2 is 1.32 bits per heavy atom. The normalized spacial score (nSPS) is 10.8. The van der Waals surface area contributed by atoms with E-state index < -0.39 is 0 Å². The van der Waals surface area contributed by atoms with Crippen LogP contribution < -0.4 is 9.47 Å². The van der Waals surface area contributed by atoms with Gasteiger partial charge in [-0.25, -0.2) is 9.97 Å². The molecule has 0 aliphatic heterocycles. The van der Waals surface area contributed by atoms with Crippen molar-refractivity contribution < 1.29 is 14.3 Å². The van der Waals surface area contributed by atoms with Crippen molar-refractivity contribution in [1.82, 2.24) is 9.97 Å². The number of carbonyl (C=O) groups excluding carboxylic acids is 1. The Labute approximate surface area is 187 Å². The Kier molecular flexibility index (Phi) is 12.3. The van der Waals surface area contributed by atoms with Crippen LogP contribution in [0.5, 0.6) is 11.5 Å². The molecule has 1 aromatic carbocycles. The molecule has 0 atom stereocenters. The van der Waals surface area contributed by atoms with Gasteiger partial charge in [0.25, 0.3) is 0 Å². The van der Waals surface area contributed by atoms with Crippen LogP contribution in [0.4, 0.5) is 0 Å². The van der Waals surface area contributed by atoms with Gasteiger partial charge in [0.1, 0.15) is 5.75 Å². The fourth-order valence-electron chi connectivity index (χ4n) is 3.35. The van der Waals surface area contributed by atoms with E-state index in [-0.39, 0.29) is 5.97 Å². The van der Waals surface area contributed by atoms with E-state index in [2.05, 4.69) is 23.8 Å². The quantitative estimate of drug-likeness (QED) is 0.211. The van der Waals surface area contributed by atoms with Gasteiger partial charge in [-0.1, -0.05) is 71.6 Å². The molecule has 0 fully saturated rings. The molecule has 5 heteroatoms. The third-order valence-corrected chi connectivity index (χ3v) is 5.22. The van der Waals surface area contributed by atoms with Crippen molar-refractivity contribution >= 4 is 5.97 Å². The maximum atomic E-state index is 11.9. The van der Waals surface area contributed by atoms with Gasteiger partial charge >= 0.3 is 5.97 Å². The number of unbranched alkanes of at least 4 members (excludes halogenated alkanes) is 9. The van der Waals surface area contributed by atoms with Gasteiger partial charge in [0.05, 0.1) is 19.0 Å². The van der Waals surface area contributed by atoms with E-state index in [0.29, 0.717) is 18.0 Å². The topological polar surface area (TPSA) is 61.3 Å². The second-order valence-corrected chi connectivity index (χ2v) is 8.02. The van der Waals surface area contributed by atoms with Crippen molar-refractivity contribution in [1.29, 1.82) is 0 Å². The van der Waals surface area contributed by atoms with E-state index in [1.807, 2.05) is 24.3 Å². The zero-order valence-corrected chi connectivity index (χ0v) is 19.3. The summed E-state index contributed by atoms with van der Waals surface area (Å²) in [7, 11) is 0. The van der Waals surface area contributed by atoms with Crippen molar-refractivity contribution in [2.45, 2.75) is 90.9 Å². The number of ether oxygens (including phenoxy) is 2. The molecule has 0 aliphatic carbocycles. The Balaban J connectivity index is 1.70. The summed E-state index contributed by atoms with van der Waals surface area (Å²) in [4.78, 5) is 20.5. The summed E-state index contributed by atoms with van der Waals surface area (Å²) in [5.74, 6) is 1.62. The van der Waals surface area contributed by atoms with Crippen molar-refractivity contribution in [2.75, 3.05) is 6.61 Å². The molecule has 0 bridgehead atoms. The van der Waals surface area contributed by atoms with Gasteiger partial charge in [-0.05, 0) is 37.1 Å².